The molecule has 0 saturated carbocycles. The highest BCUT2D eigenvalue weighted by Gasteiger charge is 2.35. The first-order chi connectivity index (χ1) is 10.8. The summed E-state index contributed by atoms with van der Waals surface area (Å²) < 4.78 is 0. The summed E-state index contributed by atoms with van der Waals surface area (Å²) in [6.07, 6.45) is 1.46. The third kappa shape index (κ3) is 3.78. The number of aliphatic hydroxyl groups is 1. The Balaban J connectivity index is 2.41. The van der Waals surface area contributed by atoms with E-state index in [4.69, 9.17) is 11.6 Å². The molecule has 23 heavy (non-hydrogen) atoms. The number of allylic oxidation sites excluding steroid dienone is 1. The van der Waals surface area contributed by atoms with E-state index in [-0.39, 0.29) is 18.0 Å². The van der Waals surface area contributed by atoms with Gasteiger partial charge in [-0.1, -0.05) is 23.3 Å². The maximum Gasteiger partial charge on any atom is 0.332 e. The van der Waals surface area contributed by atoms with E-state index in [1.807, 2.05) is 0 Å². The Morgan fingerprint density at radius 2 is 2.17 bits per heavy atom. The van der Waals surface area contributed by atoms with Gasteiger partial charge in [-0.05, 0) is 36.8 Å². The molecular formula is C16H15ClN2O4. The van der Waals surface area contributed by atoms with E-state index in [1.54, 1.807) is 18.2 Å². The average Bonchev–Trinajstić information content (AvgIpc) is 2.68. The van der Waals surface area contributed by atoms with Crippen LogP contribution >= 0.6 is 11.6 Å². The van der Waals surface area contributed by atoms with Gasteiger partial charge in [-0.15, -0.1) is 0 Å². The molecule has 0 fully saturated rings. The lowest BCUT2D eigenvalue weighted by Crippen LogP contribution is -2.31. The zero-order chi connectivity index (χ0) is 17.1. The Hall–Kier alpha value is -2.60. The van der Waals surface area contributed by atoms with Crippen molar-refractivity contribution in [1.82, 2.24) is 0 Å². The molecule has 0 saturated heterocycles. The molecule has 6 nitrogen and oxygen atoms in total. The molecule has 1 amide bonds. The average molecular weight is 335 g/mol. The zero-order valence-corrected chi connectivity index (χ0v) is 13.4. The van der Waals surface area contributed by atoms with Crippen molar-refractivity contribution in [3.05, 3.63) is 52.8 Å². The lowest BCUT2D eigenvalue weighted by Gasteiger charge is -2.17. The number of amides is 1. The van der Waals surface area contributed by atoms with Gasteiger partial charge in [0.15, 0.2) is 5.71 Å². The molecule has 1 aliphatic heterocycles. The van der Waals surface area contributed by atoms with E-state index in [2.05, 4.69) is 16.6 Å². The first-order valence-corrected chi connectivity index (χ1v) is 7.10. The molecule has 7 heteroatoms. The normalized spacial score (nSPS) is 15.8. The summed E-state index contributed by atoms with van der Waals surface area (Å²) in [7, 11) is 0. The van der Waals surface area contributed by atoms with Crippen LogP contribution in [0.5, 0.6) is 0 Å². The number of nitrogens with zero attached hydrogens (tertiary/aromatic N) is 2. The number of fused-ring (bicyclic) bond motifs is 1. The van der Waals surface area contributed by atoms with Gasteiger partial charge in [-0.2, -0.15) is 0 Å². The van der Waals surface area contributed by atoms with E-state index in [0.717, 1.165) is 0 Å². The van der Waals surface area contributed by atoms with Crippen LogP contribution in [0.25, 0.3) is 0 Å². The highest BCUT2D eigenvalue weighted by molar-refractivity contribution is 6.54. The first-order valence-electron chi connectivity index (χ1n) is 6.72. The minimum Gasteiger partial charge on any atom is -0.513 e. The van der Waals surface area contributed by atoms with Gasteiger partial charge in [-0.25, -0.2) is 4.79 Å². The number of hydrogen-bond donors (Lipinski definition) is 1. The van der Waals surface area contributed by atoms with Crippen molar-refractivity contribution in [3.8, 4) is 0 Å². The minimum absolute atomic E-state index is 0.00444. The summed E-state index contributed by atoms with van der Waals surface area (Å²) in [6, 6.07) is 4.90. The second-order valence-corrected chi connectivity index (χ2v) is 5.46. The number of rotatable bonds is 4. The van der Waals surface area contributed by atoms with Crippen LogP contribution in [-0.4, -0.2) is 29.2 Å². The van der Waals surface area contributed by atoms with Crippen molar-refractivity contribution < 1.29 is 19.5 Å². The molecule has 0 unspecified atom stereocenters. The molecule has 0 atom stereocenters. The van der Waals surface area contributed by atoms with Crippen LogP contribution < -0.4 is 4.90 Å². The van der Waals surface area contributed by atoms with Crippen molar-refractivity contribution in [2.75, 3.05) is 11.4 Å². The van der Waals surface area contributed by atoms with E-state index < -0.39 is 11.9 Å². The van der Waals surface area contributed by atoms with Crippen molar-refractivity contribution in [2.45, 2.75) is 13.8 Å². The van der Waals surface area contributed by atoms with Crippen LogP contribution in [0, 0.1) is 0 Å². The molecule has 1 N–H and O–H groups in total. The van der Waals surface area contributed by atoms with Gasteiger partial charge in [0.1, 0.15) is 0 Å². The third-order valence-corrected chi connectivity index (χ3v) is 3.23. The van der Waals surface area contributed by atoms with Gasteiger partial charge < -0.3 is 14.8 Å². The van der Waals surface area contributed by atoms with Crippen LogP contribution in [0.1, 0.15) is 19.4 Å². The molecule has 120 valence electrons. The van der Waals surface area contributed by atoms with Gasteiger partial charge in [-0.3, -0.25) is 4.79 Å². The molecule has 1 aromatic carbocycles. The Morgan fingerprint density at radius 1 is 1.48 bits per heavy atom. The van der Waals surface area contributed by atoms with Crippen LogP contribution in [0.4, 0.5) is 5.69 Å². The number of oxime groups is 1. The lowest BCUT2D eigenvalue weighted by atomic mass is 10.1. The fourth-order valence-electron chi connectivity index (χ4n) is 2.19. The molecular weight excluding hydrogens is 320 g/mol. The largest absolute Gasteiger partial charge is 0.513 e. The second-order valence-electron chi connectivity index (χ2n) is 5.02. The summed E-state index contributed by atoms with van der Waals surface area (Å²) in [5.74, 6) is -0.976. The maximum atomic E-state index is 12.5. The minimum atomic E-state index is -0.629. The SMILES string of the molecule is C=C(/C=C(\C)O)CN1C(=O)/C(=N\OC(C)=O)c2cc(Cl)ccc21. The standard InChI is InChI=1S/C16H15ClN2O4/c1-9(6-10(2)20)8-19-14-5-4-12(17)7-13(14)15(16(19)22)18-23-11(3)21/h4-7,20H,1,8H2,2-3H3/b10-6+,18-15-. The van der Waals surface area contributed by atoms with Crippen LogP contribution in [0.2, 0.25) is 5.02 Å². The fourth-order valence-corrected chi connectivity index (χ4v) is 2.36. The van der Waals surface area contributed by atoms with Gasteiger partial charge >= 0.3 is 5.97 Å². The molecule has 1 aromatic rings. The predicted molar refractivity (Wildman–Crippen MR) is 87.6 cm³/mol. The Labute approximate surface area is 138 Å². The molecule has 2 rings (SSSR count). The van der Waals surface area contributed by atoms with Gasteiger partial charge in [0.05, 0.1) is 18.0 Å². The highest BCUT2D eigenvalue weighted by atomic mass is 35.5. The quantitative estimate of drug-likeness (QED) is 0.397. The molecule has 0 bridgehead atoms. The molecule has 0 spiro atoms. The van der Waals surface area contributed by atoms with Gasteiger partial charge in [0.2, 0.25) is 0 Å². The monoisotopic (exact) mass is 334 g/mol. The Bertz CT molecular complexity index is 748. The van der Waals surface area contributed by atoms with Crippen LogP contribution in [0.3, 0.4) is 0 Å². The molecule has 0 aromatic heterocycles. The number of carbonyl (C=O) groups excluding carboxylic acids is 2. The predicted octanol–water partition coefficient (Wildman–Crippen LogP) is 2.97. The van der Waals surface area contributed by atoms with Gasteiger partial charge in [0.25, 0.3) is 5.91 Å². The Kier molecular flexibility index (Phi) is 4.86. The molecule has 0 radical (unpaired) electrons. The number of hydrogen-bond acceptors (Lipinski definition) is 5. The van der Waals surface area contributed by atoms with E-state index >= 15 is 0 Å². The van der Waals surface area contributed by atoms with Crippen LogP contribution in [0.15, 0.2) is 47.3 Å². The summed E-state index contributed by atoms with van der Waals surface area (Å²) in [5.41, 5.74) is 1.58. The van der Waals surface area contributed by atoms with Crippen molar-refractivity contribution in [3.63, 3.8) is 0 Å². The summed E-state index contributed by atoms with van der Waals surface area (Å²) in [6.45, 7) is 6.66. The number of benzene rings is 1. The second kappa shape index (κ2) is 6.66. The molecule has 1 aliphatic rings. The number of aliphatic hydroxyl groups excluding tert-OH is 1. The summed E-state index contributed by atoms with van der Waals surface area (Å²) >= 11 is 5.97. The first kappa shape index (κ1) is 16.8. The smallest absolute Gasteiger partial charge is 0.332 e. The fraction of sp³-hybridized carbons (Fsp3) is 0.188. The van der Waals surface area contributed by atoms with E-state index in [1.165, 1.54) is 24.8 Å². The highest BCUT2D eigenvalue weighted by Crippen LogP contribution is 2.32. The third-order valence-electron chi connectivity index (χ3n) is 2.99. The topological polar surface area (TPSA) is 79.2 Å². The van der Waals surface area contributed by atoms with Crippen molar-refractivity contribution in [1.29, 1.82) is 0 Å². The van der Waals surface area contributed by atoms with Gasteiger partial charge in [0, 0.05) is 17.5 Å². The van der Waals surface area contributed by atoms with Crippen LogP contribution in [-0.2, 0) is 14.4 Å². The lowest BCUT2D eigenvalue weighted by molar-refractivity contribution is -0.140. The van der Waals surface area contributed by atoms with E-state index in [9.17, 15) is 14.7 Å². The molecule has 0 aliphatic carbocycles. The zero-order valence-electron chi connectivity index (χ0n) is 12.7. The van der Waals surface area contributed by atoms with Crippen molar-refractivity contribution in [2.24, 2.45) is 5.16 Å². The van der Waals surface area contributed by atoms with Crippen molar-refractivity contribution >= 4 is 34.9 Å². The number of carbonyl (C=O) groups is 2. The number of halogens is 1. The summed E-state index contributed by atoms with van der Waals surface area (Å²) in [4.78, 5) is 29.5. The Morgan fingerprint density at radius 3 is 2.78 bits per heavy atom. The van der Waals surface area contributed by atoms with E-state index in [0.29, 0.717) is 21.8 Å². The summed E-state index contributed by atoms with van der Waals surface area (Å²) in [5, 5.41) is 13.3. The molecule has 1 heterocycles. The maximum absolute atomic E-state index is 12.5. The number of anilines is 1.